The van der Waals surface area contributed by atoms with E-state index < -0.39 is 0 Å². The lowest BCUT2D eigenvalue weighted by atomic mass is 10.4. The molecule has 1 aromatic rings. The molecule has 5 heteroatoms. The molecule has 0 aliphatic rings. The van der Waals surface area contributed by atoms with Gasteiger partial charge in [0.05, 0.1) is 6.33 Å². The summed E-state index contributed by atoms with van der Waals surface area (Å²) in [6.45, 7) is 0. The molecule has 0 bridgehead atoms. The fourth-order valence-corrected chi connectivity index (χ4v) is 0.666. The molecule has 4 nitrogen and oxygen atoms in total. The van der Waals surface area contributed by atoms with E-state index >= 15 is 0 Å². The average Bonchev–Trinajstić information content (AvgIpc) is 2.13. The van der Waals surface area contributed by atoms with Crippen LogP contribution < -0.4 is 11.5 Å². The number of hydrogen-bond acceptors (Lipinski definition) is 3. The summed E-state index contributed by atoms with van der Waals surface area (Å²) in [6.07, 6.45) is 1.45. The van der Waals surface area contributed by atoms with Gasteiger partial charge in [-0.15, -0.1) is 0 Å². The molecule has 0 unspecified atom stereocenters. The zero-order valence-electron chi connectivity index (χ0n) is 4.59. The second kappa shape index (κ2) is 2.02. The standard InChI is InChI=1S/C4H6N4S/c5-3-2(4(6)9)7-1-8-3/h1H,5H2,(H2,6,9)(H,7,8). The zero-order valence-corrected chi connectivity index (χ0v) is 5.40. The van der Waals surface area contributed by atoms with Crippen molar-refractivity contribution in [1.82, 2.24) is 9.97 Å². The van der Waals surface area contributed by atoms with E-state index in [1.165, 1.54) is 6.33 Å². The number of imidazole rings is 1. The highest BCUT2D eigenvalue weighted by Crippen LogP contribution is 2.01. The number of anilines is 1. The zero-order chi connectivity index (χ0) is 6.85. The average molecular weight is 142 g/mol. The fourth-order valence-electron chi connectivity index (χ4n) is 0.502. The molecule has 1 aromatic heterocycles. The number of nitrogens with two attached hydrogens (primary N) is 2. The molecule has 5 N–H and O–H groups in total. The number of H-pyrrole nitrogens is 1. The van der Waals surface area contributed by atoms with Gasteiger partial charge in [0.1, 0.15) is 10.7 Å². The van der Waals surface area contributed by atoms with Crippen molar-refractivity contribution < 1.29 is 0 Å². The summed E-state index contributed by atoms with van der Waals surface area (Å²) in [5.74, 6) is 0.350. The van der Waals surface area contributed by atoms with Gasteiger partial charge in [0.25, 0.3) is 0 Å². The Balaban J connectivity index is 3.08. The van der Waals surface area contributed by atoms with Gasteiger partial charge >= 0.3 is 0 Å². The van der Waals surface area contributed by atoms with E-state index in [0.717, 1.165) is 0 Å². The van der Waals surface area contributed by atoms with Gasteiger partial charge < -0.3 is 16.5 Å². The highest BCUT2D eigenvalue weighted by molar-refractivity contribution is 7.80. The Hall–Kier alpha value is -1.10. The van der Waals surface area contributed by atoms with E-state index in [9.17, 15) is 0 Å². The Morgan fingerprint density at radius 3 is 2.67 bits per heavy atom. The van der Waals surface area contributed by atoms with Gasteiger partial charge in [-0.3, -0.25) is 0 Å². The molecular weight excluding hydrogens is 136 g/mol. The molecule has 9 heavy (non-hydrogen) atoms. The molecular formula is C4H6N4S. The summed E-state index contributed by atoms with van der Waals surface area (Å²) in [5.41, 5.74) is 11.1. The van der Waals surface area contributed by atoms with Gasteiger partial charge in [0.15, 0.2) is 5.82 Å². The monoisotopic (exact) mass is 142 g/mol. The molecule has 0 fully saturated rings. The molecule has 0 saturated carbocycles. The number of aromatic nitrogens is 2. The first-order valence-corrected chi connectivity index (χ1v) is 2.71. The minimum Gasteiger partial charge on any atom is -0.388 e. The maximum absolute atomic E-state index is 5.33. The molecule has 1 rings (SSSR count). The van der Waals surface area contributed by atoms with E-state index in [1.54, 1.807) is 0 Å². The van der Waals surface area contributed by atoms with Crippen LogP contribution in [0.2, 0.25) is 0 Å². The Morgan fingerprint density at radius 2 is 2.44 bits per heavy atom. The van der Waals surface area contributed by atoms with Crippen molar-refractivity contribution in [2.75, 3.05) is 5.73 Å². The molecule has 48 valence electrons. The summed E-state index contributed by atoms with van der Waals surface area (Å²) < 4.78 is 0. The van der Waals surface area contributed by atoms with Crippen molar-refractivity contribution in [2.24, 2.45) is 5.73 Å². The van der Waals surface area contributed by atoms with Crippen LogP contribution in [-0.4, -0.2) is 15.0 Å². The third kappa shape index (κ3) is 0.996. The maximum Gasteiger partial charge on any atom is 0.152 e. The summed E-state index contributed by atoms with van der Waals surface area (Å²) in [6, 6.07) is 0. The van der Waals surface area contributed by atoms with Crippen LogP contribution in [0.4, 0.5) is 5.82 Å². The van der Waals surface area contributed by atoms with Crippen LogP contribution in [0.15, 0.2) is 6.33 Å². The van der Waals surface area contributed by atoms with E-state index in [1.807, 2.05) is 0 Å². The Bertz CT molecular complexity index is 228. The van der Waals surface area contributed by atoms with Crippen LogP contribution in [-0.2, 0) is 0 Å². The maximum atomic E-state index is 5.33. The number of aromatic amines is 1. The smallest absolute Gasteiger partial charge is 0.152 e. The van der Waals surface area contributed by atoms with Crippen LogP contribution in [0.1, 0.15) is 5.69 Å². The first-order valence-electron chi connectivity index (χ1n) is 2.30. The topological polar surface area (TPSA) is 80.7 Å². The number of rotatable bonds is 1. The highest BCUT2D eigenvalue weighted by atomic mass is 32.1. The van der Waals surface area contributed by atoms with Gasteiger partial charge in [-0.25, -0.2) is 4.98 Å². The highest BCUT2D eigenvalue weighted by Gasteiger charge is 2.01. The predicted molar refractivity (Wildman–Crippen MR) is 38.9 cm³/mol. The van der Waals surface area contributed by atoms with Crippen molar-refractivity contribution in [2.45, 2.75) is 0 Å². The molecule has 0 radical (unpaired) electrons. The molecule has 0 atom stereocenters. The minimum absolute atomic E-state index is 0.241. The number of nitrogen functional groups attached to an aromatic ring is 1. The second-order valence-corrected chi connectivity index (χ2v) is 1.97. The third-order valence-corrected chi connectivity index (χ3v) is 1.12. The quantitative estimate of drug-likeness (QED) is 0.467. The van der Waals surface area contributed by atoms with E-state index in [0.29, 0.717) is 11.5 Å². The van der Waals surface area contributed by atoms with Crippen LogP contribution in [0.25, 0.3) is 0 Å². The van der Waals surface area contributed by atoms with E-state index in [-0.39, 0.29) is 4.99 Å². The van der Waals surface area contributed by atoms with Crippen LogP contribution in [0.5, 0.6) is 0 Å². The number of hydrogen-bond donors (Lipinski definition) is 3. The molecule has 0 amide bonds. The summed E-state index contributed by atoms with van der Waals surface area (Å²) in [7, 11) is 0. The van der Waals surface area contributed by atoms with Gasteiger partial charge in [0.2, 0.25) is 0 Å². The Morgan fingerprint density at radius 1 is 1.78 bits per heavy atom. The predicted octanol–water partition coefficient (Wildman–Crippen LogP) is -0.374. The van der Waals surface area contributed by atoms with Crippen molar-refractivity contribution in [3.8, 4) is 0 Å². The lowest BCUT2D eigenvalue weighted by Gasteiger charge is -1.90. The van der Waals surface area contributed by atoms with Gasteiger partial charge in [-0.1, -0.05) is 12.2 Å². The van der Waals surface area contributed by atoms with Crippen molar-refractivity contribution >= 4 is 23.0 Å². The molecule has 0 saturated heterocycles. The van der Waals surface area contributed by atoms with Crippen molar-refractivity contribution in [3.05, 3.63) is 12.0 Å². The summed E-state index contributed by atoms with van der Waals surface area (Å²) in [5, 5.41) is 0. The lowest BCUT2D eigenvalue weighted by molar-refractivity contribution is 1.31. The Kier molecular flexibility index (Phi) is 1.35. The molecule has 0 aromatic carbocycles. The lowest BCUT2D eigenvalue weighted by Crippen LogP contribution is -2.11. The van der Waals surface area contributed by atoms with Crippen LogP contribution in [0.3, 0.4) is 0 Å². The largest absolute Gasteiger partial charge is 0.388 e. The Labute approximate surface area is 57.3 Å². The minimum atomic E-state index is 0.241. The van der Waals surface area contributed by atoms with Gasteiger partial charge in [-0.05, 0) is 0 Å². The SMILES string of the molecule is NC(=S)c1[nH]cnc1N. The third-order valence-electron chi connectivity index (χ3n) is 0.915. The first kappa shape index (κ1) is 6.03. The van der Waals surface area contributed by atoms with E-state index in [4.69, 9.17) is 11.5 Å². The summed E-state index contributed by atoms with van der Waals surface area (Å²) in [4.78, 5) is 6.64. The van der Waals surface area contributed by atoms with E-state index in [2.05, 4.69) is 22.2 Å². The number of thiocarbonyl (C=S) groups is 1. The van der Waals surface area contributed by atoms with Crippen molar-refractivity contribution in [3.63, 3.8) is 0 Å². The molecule has 0 aliphatic heterocycles. The van der Waals surface area contributed by atoms with Crippen LogP contribution in [0, 0.1) is 0 Å². The second-order valence-electron chi connectivity index (χ2n) is 1.53. The molecule has 0 aliphatic carbocycles. The fraction of sp³-hybridized carbons (Fsp3) is 0. The normalized spacial score (nSPS) is 9.33. The summed E-state index contributed by atoms with van der Waals surface area (Å²) >= 11 is 4.63. The van der Waals surface area contributed by atoms with Gasteiger partial charge in [-0.2, -0.15) is 0 Å². The van der Waals surface area contributed by atoms with Gasteiger partial charge in [0, 0.05) is 0 Å². The number of nitrogens with one attached hydrogen (secondary N) is 1. The molecule has 0 spiro atoms. The number of nitrogens with zero attached hydrogens (tertiary/aromatic N) is 1. The van der Waals surface area contributed by atoms with Crippen LogP contribution >= 0.6 is 12.2 Å². The first-order chi connectivity index (χ1) is 4.22. The molecule has 1 heterocycles. The van der Waals surface area contributed by atoms with Crippen molar-refractivity contribution in [1.29, 1.82) is 0 Å².